The Balaban J connectivity index is 2.46. The van der Waals surface area contributed by atoms with Crippen LogP contribution in [0.3, 0.4) is 0 Å². The molecule has 3 heteroatoms. The standard InChI is InChI=1S/C11H17NOS/c12-9-11(14-8-4-7-13)10-5-2-1-3-6-10/h1-3,5-6,11,13H,4,7-9,12H2. The third kappa shape index (κ3) is 3.70. The van der Waals surface area contributed by atoms with E-state index in [-0.39, 0.29) is 6.61 Å². The zero-order valence-corrected chi connectivity index (χ0v) is 9.04. The second-order valence-corrected chi connectivity index (χ2v) is 4.39. The van der Waals surface area contributed by atoms with Crippen LogP contribution in [0.2, 0.25) is 0 Å². The Kier molecular flexibility index (Phi) is 5.68. The van der Waals surface area contributed by atoms with E-state index >= 15 is 0 Å². The molecule has 0 aromatic heterocycles. The molecular weight excluding hydrogens is 194 g/mol. The minimum Gasteiger partial charge on any atom is -0.396 e. The van der Waals surface area contributed by atoms with Gasteiger partial charge in [-0.25, -0.2) is 0 Å². The Morgan fingerprint density at radius 1 is 1.29 bits per heavy atom. The summed E-state index contributed by atoms with van der Waals surface area (Å²) >= 11 is 1.81. The summed E-state index contributed by atoms with van der Waals surface area (Å²) in [7, 11) is 0. The van der Waals surface area contributed by atoms with Crippen molar-refractivity contribution in [3.8, 4) is 0 Å². The van der Waals surface area contributed by atoms with Crippen molar-refractivity contribution in [2.75, 3.05) is 18.9 Å². The van der Waals surface area contributed by atoms with Crippen LogP contribution < -0.4 is 5.73 Å². The first-order valence-corrected chi connectivity index (χ1v) is 5.91. The van der Waals surface area contributed by atoms with Crippen molar-refractivity contribution in [2.45, 2.75) is 11.7 Å². The normalized spacial score (nSPS) is 12.7. The van der Waals surface area contributed by atoms with Crippen molar-refractivity contribution in [3.63, 3.8) is 0 Å². The van der Waals surface area contributed by atoms with Crippen molar-refractivity contribution in [1.29, 1.82) is 0 Å². The minimum atomic E-state index is 0.263. The summed E-state index contributed by atoms with van der Waals surface area (Å²) in [5.41, 5.74) is 6.98. The highest BCUT2D eigenvalue weighted by atomic mass is 32.2. The van der Waals surface area contributed by atoms with Gasteiger partial charge in [0.15, 0.2) is 0 Å². The lowest BCUT2D eigenvalue weighted by Gasteiger charge is -2.14. The number of hydrogen-bond acceptors (Lipinski definition) is 3. The Labute approximate surface area is 89.5 Å². The van der Waals surface area contributed by atoms with Crippen molar-refractivity contribution in [1.82, 2.24) is 0 Å². The highest BCUT2D eigenvalue weighted by Crippen LogP contribution is 2.27. The minimum absolute atomic E-state index is 0.263. The van der Waals surface area contributed by atoms with Crippen LogP contribution in [0, 0.1) is 0 Å². The number of hydrogen-bond donors (Lipinski definition) is 2. The van der Waals surface area contributed by atoms with E-state index in [0.717, 1.165) is 12.2 Å². The summed E-state index contributed by atoms with van der Waals surface area (Å²) in [5.74, 6) is 0.966. The molecule has 1 rings (SSSR count). The van der Waals surface area contributed by atoms with Crippen LogP contribution in [0.15, 0.2) is 30.3 Å². The molecule has 0 aliphatic carbocycles. The van der Waals surface area contributed by atoms with Crippen LogP contribution in [0.5, 0.6) is 0 Å². The maximum Gasteiger partial charge on any atom is 0.0438 e. The molecule has 2 nitrogen and oxygen atoms in total. The van der Waals surface area contributed by atoms with Crippen LogP contribution >= 0.6 is 11.8 Å². The van der Waals surface area contributed by atoms with Crippen LogP contribution in [-0.2, 0) is 0 Å². The fourth-order valence-corrected chi connectivity index (χ4v) is 2.32. The van der Waals surface area contributed by atoms with Gasteiger partial charge in [-0.2, -0.15) is 11.8 Å². The Morgan fingerprint density at radius 3 is 2.57 bits per heavy atom. The average molecular weight is 211 g/mol. The molecule has 1 aromatic rings. The first-order valence-electron chi connectivity index (χ1n) is 4.86. The van der Waals surface area contributed by atoms with Gasteiger partial charge in [0.25, 0.3) is 0 Å². The van der Waals surface area contributed by atoms with Gasteiger partial charge in [-0.05, 0) is 17.7 Å². The Morgan fingerprint density at radius 2 is 2.00 bits per heavy atom. The van der Waals surface area contributed by atoms with Gasteiger partial charge in [-0.3, -0.25) is 0 Å². The van der Waals surface area contributed by atoms with E-state index in [9.17, 15) is 0 Å². The van der Waals surface area contributed by atoms with E-state index in [1.807, 2.05) is 30.0 Å². The van der Waals surface area contributed by atoms with E-state index in [0.29, 0.717) is 11.8 Å². The molecule has 0 saturated carbocycles. The van der Waals surface area contributed by atoms with Crippen molar-refractivity contribution < 1.29 is 5.11 Å². The molecule has 0 amide bonds. The average Bonchev–Trinajstić information content (AvgIpc) is 2.26. The Hall–Kier alpha value is -0.510. The summed E-state index contributed by atoms with van der Waals surface area (Å²) in [6.45, 7) is 0.916. The van der Waals surface area contributed by atoms with E-state index in [1.165, 1.54) is 5.56 Å². The predicted molar refractivity (Wildman–Crippen MR) is 62.4 cm³/mol. The summed E-state index contributed by atoms with van der Waals surface area (Å²) in [6.07, 6.45) is 0.841. The molecule has 0 aliphatic heterocycles. The lowest BCUT2D eigenvalue weighted by atomic mass is 10.1. The number of rotatable bonds is 6. The summed E-state index contributed by atoms with van der Waals surface area (Å²) in [6, 6.07) is 10.3. The largest absolute Gasteiger partial charge is 0.396 e. The molecule has 0 saturated heterocycles. The van der Waals surface area contributed by atoms with Crippen molar-refractivity contribution >= 4 is 11.8 Å². The molecule has 78 valence electrons. The van der Waals surface area contributed by atoms with E-state index in [1.54, 1.807) is 0 Å². The fourth-order valence-electron chi connectivity index (χ4n) is 1.26. The first kappa shape index (κ1) is 11.6. The van der Waals surface area contributed by atoms with Crippen molar-refractivity contribution in [2.24, 2.45) is 5.73 Å². The SMILES string of the molecule is NCC(SCCCO)c1ccccc1. The second kappa shape index (κ2) is 6.87. The van der Waals surface area contributed by atoms with E-state index in [4.69, 9.17) is 10.8 Å². The number of nitrogens with two attached hydrogens (primary N) is 1. The second-order valence-electron chi connectivity index (χ2n) is 3.08. The zero-order chi connectivity index (χ0) is 10.2. The quantitative estimate of drug-likeness (QED) is 0.705. The molecule has 1 aromatic carbocycles. The van der Waals surface area contributed by atoms with Gasteiger partial charge in [0.2, 0.25) is 0 Å². The number of benzene rings is 1. The maximum atomic E-state index is 8.68. The number of aliphatic hydroxyl groups is 1. The van der Waals surface area contributed by atoms with Crippen LogP contribution in [-0.4, -0.2) is 24.0 Å². The number of thioether (sulfide) groups is 1. The van der Waals surface area contributed by atoms with Crippen LogP contribution in [0.25, 0.3) is 0 Å². The van der Waals surface area contributed by atoms with Gasteiger partial charge >= 0.3 is 0 Å². The molecule has 0 spiro atoms. The number of aliphatic hydroxyl groups excluding tert-OH is 1. The maximum absolute atomic E-state index is 8.68. The summed E-state index contributed by atoms with van der Waals surface area (Å²) in [5, 5.41) is 9.04. The summed E-state index contributed by atoms with van der Waals surface area (Å²) in [4.78, 5) is 0. The smallest absolute Gasteiger partial charge is 0.0438 e. The highest BCUT2D eigenvalue weighted by molar-refractivity contribution is 7.99. The molecule has 1 unspecified atom stereocenters. The molecule has 3 N–H and O–H groups in total. The van der Waals surface area contributed by atoms with Gasteiger partial charge in [-0.15, -0.1) is 0 Å². The fraction of sp³-hybridized carbons (Fsp3) is 0.455. The third-order valence-corrected chi connectivity index (χ3v) is 3.40. The predicted octanol–water partition coefficient (Wildman–Crippen LogP) is 1.80. The lowest BCUT2D eigenvalue weighted by Crippen LogP contribution is -2.10. The lowest BCUT2D eigenvalue weighted by molar-refractivity contribution is 0.296. The third-order valence-electron chi connectivity index (χ3n) is 2.01. The van der Waals surface area contributed by atoms with Gasteiger partial charge in [-0.1, -0.05) is 30.3 Å². The van der Waals surface area contributed by atoms with Gasteiger partial charge in [0.05, 0.1) is 0 Å². The van der Waals surface area contributed by atoms with E-state index in [2.05, 4.69) is 12.1 Å². The molecule has 0 aliphatic rings. The van der Waals surface area contributed by atoms with Gasteiger partial charge in [0, 0.05) is 18.4 Å². The van der Waals surface area contributed by atoms with Gasteiger partial charge in [0.1, 0.15) is 0 Å². The molecule has 14 heavy (non-hydrogen) atoms. The molecule has 1 atom stereocenters. The monoisotopic (exact) mass is 211 g/mol. The van der Waals surface area contributed by atoms with E-state index < -0.39 is 0 Å². The van der Waals surface area contributed by atoms with Crippen molar-refractivity contribution in [3.05, 3.63) is 35.9 Å². The van der Waals surface area contributed by atoms with Crippen LogP contribution in [0.4, 0.5) is 0 Å². The molecule has 0 bridgehead atoms. The molecule has 0 radical (unpaired) electrons. The van der Waals surface area contributed by atoms with Crippen LogP contribution in [0.1, 0.15) is 17.2 Å². The zero-order valence-electron chi connectivity index (χ0n) is 8.23. The van der Waals surface area contributed by atoms with Gasteiger partial charge < -0.3 is 10.8 Å². The molecular formula is C11H17NOS. The first-order chi connectivity index (χ1) is 6.88. The molecule has 0 fully saturated rings. The summed E-state index contributed by atoms with van der Waals surface area (Å²) < 4.78 is 0. The highest BCUT2D eigenvalue weighted by Gasteiger charge is 2.08. The topological polar surface area (TPSA) is 46.2 Å². The molecule has 0 heterocycles. The Bertz CT molecular complexity index is 240.